The molecule has 2 aromatic carbocycles. The van der Waals surface area contributed by atoms with Gasteiger partial charge in [0.05, 0.1) is 11.2 Å². The van der Waals surface area contributed by atoms with Crippen LogP contribution in [0.3, 0.4) is 0 Å². The molecule has 3 nitrogen and oxygen atoms in total. The van der Waals surface area contributed by atoms with Crippen molar-refractivity contribution < 1.29 is 0 Å². The first-order valence-corrected chi connectivity index (χ1v) is 6.53. The van der Waals surface area contributed by atoms with Crippen LogP contribution in [0.2, 0.25) is 5.02 Å². The molecule has 19 heavy (non-hydrogen) atoms. The predicted octanol–water partition coefficient (Wildman–Crippen LogP) is 3.40. The van der Waals surface area contributed by atoms with Gasteiger partial charge in [0.2, 0.25) is 0 Å². The molecule has 1 N–H and O–H groups in total. The van der Waals surface area contributed by atoms with Crippen molar-refractivity contribution in [3.63, 3.8) is 0 Å². The van der Waals surface area contributed by atoms with Crippen molar-refractivity contribution in [3.8, 4) is 5.69 Å². The van der Waals surface area contributed by atoms with Gasteiger partial charge >= 0.3 is 0 Å². The van der Waals surface area contributed by atoms with E-state index in [0.29, 0.717) is 0 Å². The Morgan fingerprint density at radius 3 is 2.68 bits per heavy atom. The molecule has 1 aromatic heterocycles. The van der Waals surface area contributed by atoms with Crippen LogP contribution < -0.4 is 5.32 Å². The molecule has 0 unspecified atom stereocenters. The molecule has 0 aliphatic carbocycles. The minimum atomic E-state index is 0.733. The second-order valence-corrected chi connectivity index (χ2v) is 4.91. The normalized spacial score (nSPS) is 11.1. The molecule has 0 bridgehead atoms. The lowest BCUT2D eigenvalue weighted by molar-refractivity contribution is 0.815. The summed E-state index contributed by atoms with van der Waals surface area (Å²) >= 11 is 5.99. The zero-order valence-electron chi connectivity index (χ0n) is 10.6. The van der Waals surface area contributed by atoms with E-state index in [-0.39, 0.29) is 0 Å². The van der Waals surface area contributed by atoms with Gasteiger partial charge in [0.15, 0.2) is 0 Å². The van der Waals surface area contributed by atoms with Crippen LogP contribution in [-0.4, -0.2) is 16.8 Å². The van der Waals surface area contributed by atoms with Gasteiger partial charge in [-0.2, -0.15) is 5.10 Å². The van der Waals surface area contributed by atoms with Crippen LogP contribution in [0.5, 0.6) is 0 Å². The zero-order valence-corrected chi connectivity index (χ0v) is 11.4. The van der Waals surface area contributed by atoms with Gasteiger partial charge < -0.3 is 5.32 Å². The van der Waals surface area contributed by atoms with Crippen LogP contribution in [0.4, 0.5) is 0 Å². The van der Waals surface area contributed by atoms with E-state index in [9.17, 15) is 0 Å². The highest BCUT2D eigenvalue weighted by molar-refractivity contribution is 6.31. The average molecular weight is 272 g/mol. The Balaban J connectivity index is 1.99. The molecule has 0 aliphatic rings. The summed E-state index contributed by atoms with van der Waals surface area (Å²) in [4.78, 5) is 0. The predicted molar refractivity (Wildman–Crippen MR) is 78.8 cm³/mol. The van der Waals surface area contributed by atoms with Crippen LogP contribution in [-0.2, 0) is 6.54 Å². The largest absolute Gasteiger partial charge is 0.316 e. The number of rotatable bonds is 3. The number of benzene rings is 2. The van der Waals surface area contributed by atoms with Gasteiger partial charge in [-0.05, 0) is 42.9 Å². The summed E-state index contributed by atoms with van der Waals surface area (Å²) < 4.78 is 1.88. The maximum Gasteiger partial charge on any atom is 0.0928 e. The van der Waals surface area contributed by atoms with Gasteiger partial charge in [0.25, 0.3) is 0 Å². The number of hydrogen-bond donors (Lipinski definition) is 1. The average Bonchev–Trinajstić information content (AvgIpc) is 2.83. The Morgan fingerprint density at radius 1 is 1.16 bits per heavy atom. The minimum Gasteiger partial charge on any atom is -0.316 e. The zero-order chi connectivity index (χ0) is 13.2. The smallest absolute Gasteiger partial charge is 0.0928 e. The van der Waals surface area contributed by atoms with E-state index in [2.05, 4.69) is 34.7 Å². The maximum absolute atomic E-state index is 5.99. The molecule has 0 saturated heterocycles. The maximum atomic E-state index is 5.99. The SMILES string of the molecule is CNCc1ccc(-n2cc3cc(Cl)ccc3n2)cc1. The number of hydrogen-bond acceptors (Lipinski definition) is 2. The summed E-state index contributed by atoms with van der Waals surface area (Å²) in [7, 11) is 1.94. The lowest BCUT2D eigenvalue weighted by Crippen LogP contribution is -2.05. The van der Waals surface area contributed by atoms with E-state index < -0.39 is 0 Å². The van der Waals surface area contributed by atoms with Crippen molar-refractivity contribution >= 4 is 22.5 Å². The number of nitrogens with one attached hydrogen (secondary N) is 1. The Morgan fingerprint density at radius 2 is 1.95 bits per heavy atom. The third kappa shape index (κ3) is 2.48. The molecule has 0 amide bonds. The summed E-state index contributed by atoms with van der Waals surface area (Å²) in [5, 5.41) is 9.46. The quantitative estimate of drug-likeness (QED) is 0.791. The number of nitrogens with zero attached hydrogens (tertiary/aromatic N) is 2. The van der Waals surface area contributed by atoms with Gasteiger partial charge in [-0.25, -0.2) is 4.68 Å². The van der Waals surface area contributed by atoms with Crippen LogP contribution in [0.15, 0.2) is 48.7 Å². The fraction of sp³-hybridized carbons (Fsp3) is 0.133. The van der Waals surface area contributed by atoms with Gasteiger partial charge in [-0.3, -0.25) is 0 Å². The van der Waals surface area contributed by atoms with Crippen LogP contribution >= 0.6 is 11.6 Å². The topological polar surface area (TPSA) is 29.9 Å². The van der Waals surface area contributed by atoms with Crippen molar-refractivity contribution in [1.82, 2.24) is 15.1 Å². The molecule has 0 spiro atoms. The third-order valence-corrected chi connectivity index (χ3v) is 3.28. The molecule has 0 radical (unpaired) electrons. The Hall–Kier alpha value is -1.84. The lowest BCUT2D eigenvalue weighted by Gasteiger charge is -2.03. The second kappa shape index (κ2) is 5.03. The molecular formula is C15H14ClN3. The minimum absolute atomic E-state index is 0.733. The summed E-state index contributed by atoms with van der Waals surface area (Å²) in [6, 6.07) is 14.1. The Labute approximate surface area is 116 Å². The summed E-state index contributed by atoms with van der Waals surface area (Å²) in [5.74, 6) is 0. The molecule has 0 atom stereocenters. The third-order valence-electron chi connectivity index (χ3n) is 3.05. The summed E-state index contributed by atoms with van der Waals surface area (Å²) in [6.07, 6.45) is 1.99. The van der Waals surface area contributed by atoms with Crippen LogP contribution in [0.1, 0.15) is 5.56 Å². The van der Waals surface area contributed by atoms with Gasteiger partial charge in [-0.1, -0.05) is 23.7 Å². The monoisotopic (exact) mass is 271 g/mol. The van der Waals surface area contributed by atoms with Crippen molar-refractivity contribution in [1.29, 1.82) is 0 Å². The molecule has 0 aliphatic heterocycles. The number of aromatic nitrogens is 2. The van der Waals surface area contributed by atoms with E-state index in [1.54, 1.807) is 0 Å². The van der Waals surface area contributed by atoms with Crippen molar-refractivity contribution in [2.24, 2.45) is 0 Å². The van der Waals surface area contributed by atoms with Crippen molar-refractivity contribution in [3.05, 3.63) is 59.2 Å². The van der Waals surface area contributed by atoms with Crippen molar-refractivity contribution in [2.75, 3.05) is 7.05 Å². The number of fused-ring (bicyclic) bond motifs is 1. The van der Waals surface area contributed by atoms with Gasteiger partial charge in [-0.15, -0.1) is 0 Å². The first-order chi connectivity index (χ1) is 9.26. The lowest BCUT2D eigenvalue weighted by atomic mass is 10.2. The second-order valence-electron chi connectivity index (χ2n) is 4.47. The van der Waals surface area contributed by atoms with Crippen LogP contribution in [0.25, 0.3) is 16.6 Å². The fourth-order valence-electron chi connectivity index (χ4n) is 2.10. The highest BCUT2D eigenvalue weighted by Gasteiger charge is 2.03. The molecule has 0 fully saturated rings. The van der Waals surface area contributed by atoms with Gasteiger partial charge in [0.1, 0.15) is 0 Å². The Kier molecular flexibility index (Phi) is 3.23. The first kappa shape index (κ1) is 12.2. The number of halogens is 1. The standard InChI is InChI=1S/C15H14ClN3/c1-17-9-11-2-5-14(6-3-11)19-10-12-8-13(16)4-7-15(12)18-19/h2-8,10,17H,9H2,1H3. The molecule has 3 aromatic rings. The van der Waals surface area contributed by atoms with Gasteiger partial charge in [0, 0.05) is 23.2 Å². The molecule has 1 heterocycles. The highest BCUT2D eigenvalue weighted by atomic mass is 35.5. The van der Waals surface area contributed by atoms with E-state index in [1.807, 2.05) is 36.1 Å². The summed E-state index contributed by atoms with van der Waals surface area (Å²) in [6.45, 7) is 0.872. The molecule has 0 saturated carbocycles. The molecule has 4 heteroatoms. The highest BCUT2D eigenvalue weighted by Crippen LogP contribution is 2.20. The molecule has 3 rings (SSSR count). The fourth-order valence-corrected chi connectivity index (χ4v) is 2.28. The van der Waals surface area contributed by atoms with Crippen LogP contribution in [0, 0.1) is 0 Å². The Bertz CT molecular complexity index is 701. The van der Waals surface area contributed by atoms with Crippen molar-refractivity contribution in [2.45, 2.75) is 6.54 Å². The molecule has 96 valence electrons. The first-order valence-electron chi connectivity index (χ1n) is 6.15. The van der Waals surface area contributed by atoms with E-state index >= 15 is 0 Å². The summed E-state index contributed by atoms with van der Waals surface area (Å²) in [5.41, 5.74) is 3.25. The van der Waals surface area contributed by atoms with E-state index in [4.69, 9.17) is 11.6 Å². The molecular weight excluding hydrogens is 258 g/mol. The van der Waals surface area contributed by atoms with E-state index in [0.717, 1.165) is 28.2 Å². The van der Waals surface area contributed by atoms with E-state index in [1.165, 1.54) is 5.56 Å².